The Morgan fingerprint density at radius 2 is 1.97 bits per heavy atom. The summed E-state index contributed by atoms with van der Waals surface area (Å²) in [5, 5.41) is 2.53. The SMILES string of the molecule is COc1cc(CN2CCC[C@@H](C)C2)ccc1OCCCNC(=O)c1ccccc1C(F)(F)F. The Morgan fingerprint density at radius 1 is 1.18 bits per heavy atom. The van der Waals surface area contributed by atoms with E-state index >= 15 is 0 Å². The van der Waals surface area contributed by atoms with Crippen molar-refractivity contribution in [1.29, 1.82) is 0 Å². The number of halogens is 3. The highest BCUT2D eigenvalue weighted by atomic mass is 19.4. The molecule has 0 spiro atoms. The molecule has 1 aliphatic rings. The van der Waals surface area contributed by atoms with E-state index in [-0.39, 0.29) is 12.1 Å². The predicted molar refractivity (Wildman–Crippen MR) is 121 cm³/mol. The molecule has 1 amide bonds. The van der Waals surface area contributed by atoms with E-state index in [1.165, 1.54) is 31.0 Å². The van der Waals surface area contributed by atoms with Gasteiger partial charge in [0, 0.05) is 19.6 Å². The Labute approximate surface area is 192 Å². The monoisotopic (exact) mass is 464 g/mol. The van der Waals surface area contributed by atoms with Crippen LogP contribution in [0.25, 0.3) is 0 Å². The fourth-order valence-electron chi connectivity index (χ4n) is 4.10. The van der Waals surface area contributed by atoms with Gasteiger partial charge >= 0.3 is 6.18 Å². The van der Waals surface area contributed by atoms with Crippen LogP contribution in [-0.4, -0.2) is 44.2 Å². The Kier molecular flexibility index (Phi) is 8.61. The highest BCUT2D eigenvalue weighted by Crippen LogP contribution is 2.32. The van der Waals surface area contributed by atoms with Crippen LogP contribution >= 0.6 is 0 Å². The average Bonchev–Trinajstić information content (AvgIpc) is 2.79. The molecule has 1 saturated heterocycles. The molecule has 0 aliphatic carbocycles. The van der Waals surface area contributed by atoms with Gasteiger partial charge < -0.3 is 14.8 Å². The quantitative estimate of drug-likeness (QED) is 0.522. The largest absolute Gasteiger partial charge is 0.493 e. The number of methoxy groups -OCH3 is 1. The van der Waals surface area contributed by atoms with Gasteiger partial charge in [-0.05, 0) is 61.6 Å². The molecule has 1 fully saturated rings. The van der Waals surface area contributed by atoms with Crippen LogP contribution < -0.4 is 14.8 Å². The lowest BCUT2D eigenvalue weighted by molar-refractivity contribution is -0.137. The number of carbonyl (C=O) groups excluding carboxylic acids is 1. The number of benzene rings is 2. The van der Waals surface area contributed by atoms with Crippen molar-refractivity contribution >= 4 is 5.91 Å². The summed E-state index contributed by atoms with van der Waals surface area (Å²) < 4.78 is 50.5. The second-order valence-electron chi connectivity index (χ2n) is 8.47. The third-order valence-corrected chi connectivity index (χ3v) is 5.72. The van der Waals surface area contributed by atoms with Gasteiger partial charge in [0.05, 0.1) is 24.8 Å². The van der Waals surface area contributed by atoms with Crippen LogP contribution in [0.2, 0.25) is 0 Å². The van der Waals surface area contributed by atoms with E-state index in [0.717, 1.165) is 31.3 Å². The number of nitrogens with one attached hydrogen (secondary N) is 1. The van der Waals surface area contributed by atoms with Crippen molar-refractivity contribution in [2.24, 2.45) is 5.92 Å². The van der Waals surface area contributed by atoms with Gasteiger partial charge in [0.15, 0.2) is 11.5 Å². The van der Waals surface area contributed by atoms with Crippen LogP contribution in [0, 0.1) is 5.92 Å². The molecule has 3 rings (SSSR count). The first-order valence-corrected chi connectivity index (χ1v) is 11.2. The van der Waals surface area contributed by atoms with Crippen molar-refractivity contribution in [3.63, 3.8) is 0 Å². The molecule has 33 heavy (non-hydrogen) atoms. The highest BCUT2D eigenvalue weighted by molar-refractivity contribution is 5.95. The first kappa shape index (κ1) is 24.9. The molecule has 0 radical (unpaired) electrons. The lowest BCUT2D eigenvalue weighted by atomic mass is 10.00. The summed E-state index contributed by atoms with van der Waals surface area (Å²) >= 11 is 0. The third kappa shape index (κ3) is 7.12. The maximum absolute atomic E-state index is 13.1. The van der Waals surface area contributed by atoms with Gasteiger partial charge in [0.25, 0.3) is 5.91 Å². The molecular weight excluding hydrogens is 433 g/mol. The predicted octanol–water partition coefficient (Wildman–Crippen LogP) is 5.14. The molecule has 1 N–H and O–H groups in total. The molecule has 0 aromatic heterocycles. The van der Waals surface area contributed by atoms with Crippen molar-refractivity contribution in [3.8, 4) is 11.5 Å². The third-order valence-electron chi connectivity index (χ3n) is 5.72. The van der Waals surface area contributed by atoms with Gasteiger partial charge in [0.2, 0.25) is 0 Å². The van der Waals surface area contributed by atoms with E-state index in [0.29, 0.717) is 30.4 Å². The number of rotatable bonds is 9. The molecule has 5 nitrogen and oxygen atoms in total. The average molecular weight is 465 g/mol. The summed E-state index contributed by atoms with van der Waals surface area (Å²) in [5.74, 6) is 1.20. The normalized spacial score (nSPS) is 16.9. The van der Waals surface area contributed by atoms with Crippen molar-refractivity contribution in [1.82, 2.24) is 10.2 Å². The zero-order chi connectivity index (χ0) is 23.8. The Hall–Kier alpha value is -2.74. The molecule has 180 valence electrons. The second kappa shape index (κ2) is 11.4. The van der Waals surface area contributed by atoms with E-state index in [1.807, 2.05) is 18.2 Å². The fourth-order valence-corrected chi connectivity index (χ4v) is 4.10. The van der Waals surface area contributed by atoms with Gasteiger partial charge in [-0.3, -0.25) is 9.69 Å². The second-order valence-corrected chi connectivity index (χ2v) is 8.47. The van der Waals surface area contributed by atoms with Gasteiger partial charge in [-0.2, -0.15) is 13.2 Å². The Morgan fingerprint density at radius 3 is 2.70 bits per heavy atom. The van der Waals surface area contributed by atoms with Crippen molar-refractivity contribution in [3.05, 3.63) is 59.2 Å². The number of carbonyl (C=O) groups is 1. The number of hydrogen-bond donors (Lipinski definition) is 1. The number of ether oxygens (including phenoxy) is 2. The molecular formula is C25H31F3N2O3. The number of piperidine rings is 1. The van der Waals surface area contributed by atoms with Crippen molar-refractivity contribution in [2.75, 3.05) is 33.4 Å². The Bertz CT molecular complexity index is 933. The summed E-state index contributed by atoms with van der Waals surface area (Å²) in [6.07, 6.45) is -1.64. The zero-order valence-corrected chi connectivity index (χ0v) is 19.1. The molecule has 0 saturated carbocycles. The molecule has 8 heteroatoms. The van der Waals surface area contributed by atoms with E-state index in [2.05, 4.69) is 17.1 Å². The molecule has 1 heterocycles. The first-order chi connectivity index (χ1) is 15.8. The standard InChI is InChI=1S/C25H31F3N2O3/c1-18-7-5-13-30(16-18)17-19-10-11-22(23(15-19)32-2)33-14-6-12-29-24(31)20-8-3-4-9-21(20)25(26,27)28/h3-4,8-11,15,18H,5-7,12-14,16-17H2,1-2H3,(H,29,31)/t18-/m1/s1. The van der Waals surface area contributed by atoms with Crippen LogP contribution in [0.3, 0.4) is 0 Å². The molecule has 0 bridgehead atoms. The number of hydrogen-bond acceptors (Lipinski definition) is 4. The lowest BCUT2D eigenvalue weighted by Crippen LogP contribution is -2.33. The van der Waals surface area contributed by atoms with Gasteiger partial charge in [-0.25, -0.2) is 0 Å². The number of alkyl halides is 3. The summed E-state index contributed by atoms with van der Waals surface area (Å²) in [7, 11) is 1.59. The van der Waals surface area contributed by atoms with Gasteiger partial charge in [-0.15, -0.1) is 0 Å². The van der Waals surface area contributed by atoms with E-state index in [9.17, 15) is 18.0 Å². The minimum Gasteiger partial charge on any atom is -0.493 e. The summed E-state index contributed by atoms with van der Waals surface area (Å²) in [6.45, 7) is 5.83. The highest BCUT2D eigenvalue weighted by Gasteiger charge is 2.34. The molecule has 0 unspecified atom stereocenters. The first-order valence-electron chi connectivity index (χ1n) is 11.2. The van der Waals surface area contributed by atoms with Crippen molar-refractivity contribution in [2.45, 2.75) is 38.9 Å². The molecule has 2 aromatic carbocycles. The Balaban J connectivity index is 1.47. The number of amides is 1. The van der Waals surface area contributed by atoms with Crippen LogP contribution in [0.15, 0.2) is 42.5 Å². The molecule has 1 aliphatic heterocycles. The van der Waals surface area contributed by atoms with Crippen LogP contribution in [0.4, 0.5) is 13.2 Å². The van der Waals surface area contributed by atoms with Crippen LogP contribution in [0.1, 0.15) is 47.7 Å². The molecule has 1 atom stereocenters. The zero-order valence-electron chi connectivity index (χ0n) is 19.1. The van der Waals surface area contributed by atoms with Gasteiger partial charge in [-0.1, -0.05) is 25.1 Å². The topological polar surface area (TPSA) is 50.8 Å². The molecule has 2 aromatic rings. The van der Waals surface area contributed by atoms with E-state index < -0.39 is 17.6 Å². The minimum atomic E-state index is -4.58. The summed E-state index contributed by atoms with van der Waals surface area (Å²) in [6, 6.07) is 10.6. The van der Waals surface area contributed by atoms with Gasteiger partial charge in [0.1, 0.15) is 0 Å². The number of likely N-dealkylation sites (tertiary alicyclic amines) is 1. The lowest BCUT2D eigenvalue weighted by Gasteiger charge is -2.30. The van der Waals surface area contributed by atoms with E-state index in [1.54, 1.807) is 7.11 Å². The fraction of sp³-hybridized carbons (Fsp3) is 0.480. The minimum absolute atomic E-state index is 0.193. The summed E-state index contributed by atoms with van der Waals surface area (Å²) in [4.78, 5) is 14.6. The van der Waals surface area contributed by atoms with Crippen LogP contribution in [0.5, 0.6) is 11.5 Å². The van der Waals surface area contributed by atoms with E-state index in [4.69, 9.17) is 9.47 Å². The number of nitrogens with zero attached hydrogens (tertiary/aromatic N) is 1. The van der Waals surface area contributed by atoms with Crippen molar-refractivity contribution < 1.29 is 27.4 Å². The van der Waals surface area contributed by atoms with Crippen LogP contribution in [-0.2, 0) is 12.7 Å². The maximum Gasteiger partial charge on any atom is 0.417 e. The smallest absolute Gasteiger partial charge is 0.417 e. The maximum atomic E-state index is 13.1. The summed E-state index contributed by atoms with van der Waals surface area (Å²) in [5.41, 5.74) is -0.169.